The van der Waals surface area contributed by atoms with Gasteiger partial charge in [-0.05, 0) is 49.2 Å². The predicted molar refractivity (Wildman–Crippen MR) is 85.8 cm³/mol. The normalized spacial score (nSPS) is 12.0. The number of hydrogen-bond donors (Lipinski definition) is 0. The molecule has 0 aliphatic carbocycles. The SMILES string of the molecule is Cc1c(Br)cccc1C(=O)N(C)C(C)c1ccc(F)cc1. The van der Waals surface area contributed by atoms with Crippen molar-refractivity contribution in [2.24, 2.45) is 0 Å². The standard InChI is InChI=1S/C17H17BrFNO/c1-11-15(5-4-6-16(11)18)17(21)20(3)12(2)13-7-9-14(19)10-8-13/h4-10,12H,1-3H3. The summed E-state index contributed by atoms with van der Waals surface area (Å²) >= 11 is 3.44. The van der Waals surface area contributed by atoms with Gasteiger partial charge in [-0.15, -0.1) is 0 Å². The van der Waals surface area contributed by atoms with Gasteiger partial charge in [0.05, 0.1) is 6.04 Å². The van der Waals surface area contributed by atoms with Crippen LogP contribution in [0.5, 0.6) is 0 Å². The molecule has 0 heterocycles. The van der Waals surface area contributed by atoms with E-state index in [2.05, 4.69) is 15.9 Å². The molecule has 0 fully saturated rings. The molecule has 21 heavy (non-hydrogen) atoms. The number of nitrogens with zero attached hydrogens (tertiary/aromatic N) is 1. The van der Waals surface area contributed by atoms with E-state index in [0.717, 1.165) is 15.6 Å². The lowest BCUT2D eigenvalue weighted by atomic mass is 10.0. The molecule has 0 aliphatic heterocycles. The van der Waals surface area contributed by atoms with Gasteiger partial charge in [-0.25, -0.2) is 4.39 Å². The van der Waals surface area contributed by atoms with Gasteiger partial charge in [0.2, 0.25) is 0 Å². The summed E-state index contributed by atoms with van der Waals surface area (Å²) in [7, 11) is 1.76. The van der Waals surface area contributed by atoms with Crippen molar-refractivity contribution in [3.63, 3.8) is 0 Å². The molecule has 110 valence electrons. The van der Waals surface area contributed by atoms with Crippen LogP contribution in [0.4, 0.5) is 4.39 Å². The highest BCUT2D eigenvalue weighted by molar-refractivity contribution is 9.10. The van der Waals surface area contributed by atoms with E-state index in [1.54, 1.807) is 24.1 Å². The average molecular weight is 350 g/mol. The van der Waals surface area contributed by atoms with Crippen molar-refractivity contribution >= 4 is 21.8 Å². The highest BCUT2D eigenvalue weighted by Gasteiger charge is 2.20. The Hall–Kier alpha value is -1.68. The number of carbonyl (C=O) groups is 1. The predicted octanol–water partition coefficient (Wildman–Crippen LogP) is 4.73. The molecule has 2 aromatic rings. The molecule has 0 saturated carbocycles. The maximum atomic E-state index is 13.0. The van der Waals surface area contributed by atoms with E-state index < -0.39 is 0 Å². The first-order valence-corrected chi connectivity index (χ1v) is 7.49. The van der Waals surface area contributed by atoms with Crippen molar-refractivity contribution in [1.29, 1.82) is 0 Å². The van der Waals surface area contributed by atoms with Crippen LogP contribution in [0.25, 0.3) is 0 Å². The van der Waals surface area contributed by atoms with Crippen molar-refractivity contribution in [3.05, 3.63) is 69.4 Å². The summed E-state index contributed by atoms with van der Waals surface area (Å²) < 4.78 is 13.9. The number of carbonyl (C=O) groups excluding carboxylic acids is 1. The van der Waals surface area contributed by atoms with E-state index in [4.69, 9.17) is 0 Å². The van der Waals surface area contributed by atoms with Gasteiger partial charge in [0.15, 0.2) is 0 Å². The van der Waals surface area contributed by atoms with Crippen LogP contribution >= 0.6 is 15.9 Å². The number of rotatable bonds is 3. The quantitative estimate of drug-likeness (QED) is 0.784. The summed E-state index contributed by atoms with van der Waals surface area (Å²) in [4.78, 5) is 14.3. The summed E-state index contributed by atoms with van der Waals surface area (Å²) in [5, 5.41) is 0. The molecule has 4 heteroatoms. The number of benzene rings is 2. The van der Waals surface area contributed by atoms with Gasteiger partial charge < -0.3 is 4.90 Å². The van der Waals surface area contributed by atoms with Gasteiger partial charge in [-0.2, -0.15) is 0 Å². The van der Waals surface area contributed by atoms with E-state index in [1.165, 1.54) is 12.1 Å². The molecule has 1 unspecified atom stereocenters. The second-order valence-corrected chi connectivity index (χ2v) is 5.91. The second-order valence-electron chi connectivity index (χ2n) is 5.06. The van der Waals surface area contributed by atoms with Crippen molar-refractivity contribution in [1.82, 2.24) is 4.90 Å². The van der Waals surface area contributed by atoms with Gasteiger partial charge in [-0.3, -0.25) is 4.79 Å². The largest absolute Gasteiger partial charge is 0.335 e. The minimum Gasteiger partial charge on any atom is -0.335 e. The zero-order chi connectivity index (χ0) is 15.6. The minimum atomic E-state index is -0.275. The van der Waals surface area contributed by atoms with E-state index in [1.807, 2.05) is 32.0 Å². The molecule has 0 saturated heterocycles. The smallest absolute Gasteiger partial charge is 0.254 e. The summed E-state index contributed by atoms with van der Waals surface area (Å²) in [6, 6.07) is 11.7. The molecule has 2 rings (SSSR count). The molecule has 2 aromatic carbocycles. The van der Waals surface area contributed by atoms with Crippen LogP contribution in [0.2, 0.25) is 0 Å². The Bertz CT molecular complexity index is 654. The minimum absolute atomic E-state index is 0.0503. The average Bonchev–Trinajstić information content (AvgIpc) is 2.48. The first kappa shape index (κ1) is 15.7. The Labute approximate surface area is 132 Å². The van der Waals surface area contributed by atoms with Crippen molar-refractivity contribution in [2.45, 2.75) is 19.9 Å². The van der Waals surface area contributed by atoms with Crippen LogP contribution in [0.15, 0.2) is 46.9 Å². The van der Waals surface area contributed by atoms with E-state index in [0.29, 0.717) is 5.56 Å². The first-order valence-electron chi connectivity index (χ1n) is 6.69. The third kappa shape index (κ3) is 3.32. The maximum absolute atomic E-state index is 13.0. The third-order valence-electron chi connectivity index (χ3n) is 3.75. The molecule has 0 aromatic heterocycles. The Morgan fingerprint density at radius 1 is 1.19 bits per heavy atom. The Kier molecular flexibility index (Phi) is 4.78. The molecule has 0 bridgehead atoms. The van der Waals surface area contributed by atoms with Gasteiger partial charge in [0, 0.05) is 17.1 Å². The fourth-order valence-corrected chi connectivity index (χ4v) is 2.54. The summed E-state index contributed by atoms with van der Waals surface area (Å²) in [6.07, 6.45) is 0. The Morgan fingerprint density at radius 2 is 1.81 bits per heavy atom. The number of hydrogen-bond acceptors (Lipinski definition) is 1. The van der Waals surface area contributed by atoms with E-state index in [9.17, 15) is 9.18 Å². The van der Waals surface area contributed by atoms with Crippen LogP contribution in [-0.4, -0.2) is 17.9 Å². The lowest BCUT2D eigenvalue weighted by Gasteiger charge is -2.26. The Balaban J connectivity index is 2.26. The third-order valence-corrected chi connectivity index (χ3v) is 4.61. The van der Waals surface area contributed by atoms with Crippen LogP contribution in [0.3, 0.4) is 0 Å². The van der Waals surface area contributed by atoms with E-state index >= 15 is 0 Å². The summed E-state index contributed by atoms with van der Waals surface area (Å²) in [5.74, 6) is -0.326. The fraction of sp³-hybridized carbons (Fsp3) is 0.235. The topological polar surface area (TPSA) is 20.3 Å². The molecular weight excluding hydrogens is 333 g/mol. The van der Waals surface area contributed by atoms with Gasteiger partial charge in [0.1, 0.15) is 5.82 Å². The van der Waals surface area contributed by atoms with Gasteiger partial charge in [-0.1, -0.05) is 34.1 Å². The van der Waals surface area contributed by atoms with Crippen molar-refractivity contribution in [3.8, 4) is 0 Å². The van der Waals surface area contributed by atoms with Crippen LogP contribution in [0.1, 0.15) is 34.5 Å². The second kappa shape index (κ2) is 6.39. The van der Waals surface area contributed by atoms with Gasteiger partial charge >= 0.3 is 0 Å². The highest BCUT2D eigenvalue weighted by atomic mass is 79.9. The van der Waals surface area contributed by atoms with Gasteiger partial charge in [0.25, 0.3) is 5.91 Å². The number of amides is 1. The van der Waals surface area contributed by atoms with E-state index in [-0.39, 0.29) is 17.8 Å². The van der Waals surface area contributed by atoms with Crippen LogP contribution in [0, 0.1) is 12.7 Å². The molecule has 0 aliphatic rings. The maximum Gasteiger partial charge on any atom is 0.254 e. The molecule has 0 radical (unpaired) electrons. The monoisotopic (exact) mass is 349 g/mol. The molecule has 1 amide bonds. The molecular formula is C17H17BrFNO. The molecule has 0 N–H and O–H groups in total. The zero-order valence-electron chi connectivity index (χ0n) is 12.2. The van der Waals surface area contributed by atoms with Crippen molar-refractivity contribution < 1.29 is 9.18 Å². The zero-order valence-corrected chi connectivity index (χ0v) is 13.8. The number of halogens is 2. The fourth-order valence-electron chi connectivity index (χ4n) is 2.17. The Morgan fingerprint density at radius 3 is 2.43 bits per heavy atom. The summed E-state index contributed by atoms with van der Waals surface area (Å²) in [6.45, 7) is 3.84. The summed E-state index contributed by atoms with van der Waals surface area (Å²) in [5.41, 5.74) is 2.49. The lowest BCUT2D eigenvalue weighted by molar-refractivity contribution is 0.0742. The van der Waals surface area contributed by atoms with Crippen molar-refractivity contribution in [2.75, 3.05) is 7.05 Å². The first-order chi connectivity index (χ1) is 9.91. The van der Waals surface area contributed by atoms with Crippen LogP contribution in [-0.2, 0) is 0 Å². The highest BCUT2D eigenvalue weighted by Crippen LogP contribution is 2.25. The molecule has 1 atom stereocenters. The lowest BCUT2D eigenvalue weighted by Crippen LogP contribution is -2.30. The molecule has 0 spiro atoms. The molecule has 2 nitrogen and oxygen atoms in total. The van der Waals surface area contributed by atoms with Crippen LogP contribution < -0.4 is 0 Å².